The van der Waals surface area contributed by atoms with Gasteiger partial charge in [-0.3, -0.25) is 4.79 Å². The van der Waals surface area contributed by atoms with Crippen LogP contribution < -0.4 is 5.73 Å². The third-order valence-electron chi connectivity index (χ3n) is 2.85. The molecule has 6 heteroatoms. The van der Waals surface area contributed by atoms with Crippen LogP contribution in [0, 0.1) is 5.82 Å². The lowest BCUT2D eigenvalue weighted by Gasteiger charge is -2.31. The van der Waals surface area contributed by atoms with E-state index in [0.717, 1.165) is 0 Å². The number of nitrogen functional groups attached to an aromatic ring is 1. The van der Waals surface area contributed by atoms with Crippen LogP contribution in [0.3, 0.4) is 0 Å². The normalized spacial score (nSPS) is 19.9. The molecule has 0 aromatic heterocycles. The van der Waals surface area contributed by atoms with Crippen molar-refractivity contribution in [2.75, 3.05) is 25.4 Å². The lowest BCUT2D eigenvalue weighted by molar-refractivity contribution is -0.0124. The third kappa shape index (κ3) is 2.64. The van der Waals surface area contributed by atoms with Gasteiger partial charge in [0.25, 0.3) is 5.91 Å². The number of morpholine rings is 1. The molecule has 1 aliphatic heterocycles. The molecule has 1 heterocycles. The first kappa shape index (κ1) is 13.3. The van der Waals surface area contributed by atoms with Crippen LogP contribution in [-0.4, -0.2) is 36.6 Å². The van der Waals surface area contributed by atoms with Gasteiger partial charge in [0.15, 0.2) is 0 Å². The van der Waals surface area contributed by atoms with Crippen molar-refractivity contribution in [2.24, 2.45) is 0 Å². The lowest BCUT2D eigenvalue weighted by atomic mass is 10.1. The molecule has 0 bridgehead atoms. The van der Waals surface area contributed by atoms with E-state index in [0.29, 0.717) is 29.7 Å². The zero-order valence-electron chi connectivity index (χ0n) is 9.95. The van der Waals surface area contributed by atoms with Crippen LogP contribution in [0.15, 0.2) is 16.6 Å². The Morgan fingerprint density at radius 1 is 1.61 bits per heavy atom. The van der Waals surface area contributed by atoms with Gasteiger partial charge >= 0.3 is 0 Å². The van der Waals surface area contributed by atoms with Gasteiger partial charge in [0, 0.05) is 17.6 Å². The minimum Gasteiger partial charge on any atom is -0.396 e. The fraction of sp³-hybridized carbons (Fsp3) is 0.417. The molecule has 1 fully saturated rings. The third-order valence-corrected chi connectivity index (χ3v) is 3.50. The topological polar surface area (TPSA) is 55.6 Å². The van der Waals surface area contributed by atoms with Gasteiger partial charge in [-0.05, 0) is 35.0 Å². The molecule has 0 saturated carbocycles. The Hall–Kier alpha value is -1.14. The van der Waals surface area contributed by atoms with Crippen molar-refractivity contribution in [3.8, 4) is 0 Å². The Balaban J connectivity index is 2.25. The molecule has 1 saturated heterocycles. The Labute approximate surface area is 113 Å². The second-order valence-corrected chi connectivity index (χ2v) is 5.14. The Morgan fingerprint density at radius 2 is 2.33 bits per heavy atom. The van der Waals surface area contributed by atoms with Crippen molar-refractivity contribution in [3.63, 3.8) is 0 Å². The number of halogens is 2. The number of nitrogens with two attached hydrogens (primary N) is 1. The fourth-order valence-electron chi connectivity index (χ4n) is 1.90. The predicted molar refractivity (Wildman–Crippen MR) is 69.8 cm³/mol. The highest BCUT2D eigenvalue weighted by Crippen LogP contribution is 2.24. The van der Waals surface area contributed by atoms with Gasteiger partial charge in [0.05, 0.1) is 24.0 Å². The Bertz CT molecular complexity index is 481. The van der Waals surface area contributed by atoms with Crippen LogP contribution in [0.25, 0.3) is 0 Å². The summed E-state index contributed by atoms with van der Waals surface area (Å²) in [6.45, 7) is 3.49. The number of benzene rings is 1. The molecule has 1 aromatic carbocycles. The monoisotopic (exact) mass is 316 g/mol. The first-order chi connectivity index (χ1) is 8.49. The quantitative estimate of drug-likeness (QED) is 0.807. The van der Waals surface area contributed by atoms with Crippen molar-refractivity contribution in [2.45, 2.75) is 13.0 Å². The summed E-state index contributed by atoms with van der Waals surface area (Å²) in [6.07, 6.45) is 0.0132. The molecule has 1 atom stereocenters. The Kier molecular flexibility index (Phi) is 3.87. The van der Waals surface area contributed by atoms with Crippen LogP contribution in [0.4, 0.5) is 10.1 Å². The number of anilines is 1. The van der Waals surface area contributed by atoms with Gasteiger partial charge in [-0.25, -0.2) is 4.39 Å². The highest BCUT2D eigenvalue weighted by atomic mass is 79.9. The molecular weight excluding hydrogens is 303 g/mol. The molecule has 98 valence electrons. The first-order valence-corrected chi connectivity index (χ1v) is 6.43. The van der Waals surface area contributed by atoms with Gasteiger partial charge in [-0.2, -0.15) is 0 Å². The van der Waals surface area contributed by atoms with Crippen molar-refractivity contribution in [1.82, 2.24) is 4.90 Å². The summed E-state index contributed by atoms with van der Waals surface area (Å²) in [6, 6.07) is 2.58. The van der Waals surface area contributed by atoms with Gasteiger partial charge in [-0.1, -0.05) is 0 Å². The number of carbonyl (C=O) groups excluding carboxylic acids is 1. The summed E-state index contributed by atoms with van der Waals surface area (Å²) in [5.41, 5.74) is 5.85. The average Bonchev–Trinajstić information content (AvgIpc) is 2.33. The van der Waals surface area contributed by atoms with E-state index >= 15 is 0 Å². The van der Waals surface area contributed by atoms with Crippen molar-refractivity contribution >= 4 is 27.5 Å². The summed E-state index contributed by atoms with van der Waals surface area (Å²) < 4.78 is 19.0. The number of hydrogen-bond acceptors (Lipinski definition) is 3. The molecule has 2 rings (SSSR count). The largest absolute Gasteiger partial charge is 0.396 e. The second-order valence-electron chi connectivity index (χ2n) is 4.29. The second kappa shape index (κ2) is 5.24. The highest BCUT2D eigenvalue weighted by molar-refractivity contribution is 9.10. The Morgan fingerprint density at radius 3 is 3.00 bits per heavy atom. The van der Waals surface area contributed by atoms with Crippen LogP contribution in [0.1, 0.15) is 17.3 Å². The molecule has 4 nitrogen and oxygen atoms in total. The van der Waals surface area contributed by atoms with Crippen LogP contribution in [0.2, 0.25) is 0 Å². The lowest BCUT2D eigenvalue weighted by Crippen LogP contribution is -2.44. The molecule has 18 heavy (non-hydrogen) atoms. The number of carbonyl (C=O) groups is 1. The number of rotatable bonds is 1. The van der Waals surface area contributed by atoms with E-state index in [-0.39, 0.29) is 17.7 Å². The molecule has 1 unspecified atom stereocenters. The van der Waals surface area contributed by atoms with Crippen LogP contribution in [-0.2, 0) is 4.74 Å². The van der Waals surface area contributed by atoms with Gasteiger partial charge in [-0.15, -0.1) is 0 Å². The van der Waals surface area contributed by atoms with E-state index in [9.17, 15) is 9.18 Å². The molecule has 2 N–H and O–H groups in total. The van der Waals surface area contributed by atoms with Gasteiger partial charge < -0.3 is 15.4 Å². The van der Waals surface area contributed by atoms with Crippen molar-refractivity contribution in [3.05, 3.63) is 28.0 Å². The molecule has 1 aliphatic rings. The number of nitrogens with zero attached hydrogens (tertiary/aromatic N) is 1. The minimum absolute atomic E-state index is 0.0132. The summed E-state index contributed by atoms with van der Waals surface area (Å²) in [4.78, 5) is 14.0. The molecule has 1 aromatic rings. The zero-order chi connectivity index (χ0) is 13.3. The van der Waals surface area contributed by atoms with E-state index in [1.165, 1.54) is 12.1 Å². The summed E-state index contributed by atoms with van der Waals surface area (Å²) in [5, 5.41) is 0. The molecule has 0 aliphatic carbocycles. The maximum atomic E-state index is 13.2. The summed E-state index contributed by atoms with van der Waals surface area (Å²) in [5.74, 6) is -0.697. The summed E-state index contributed by atoms with van der Waals surface area (Å²) in [7, 11) is 0. The maximum Gasteiger partial charge on any atom is 0.255 e. The van der Waals surface area contributed by atoms with E-state index in [2.05, 4.69) is 15.9 Å². The molecule has 1 amide bonds. The first-order valence-electron chi connectivity index (χ1n) is 5.64. The van der Waals surface area contributed by atoms with Crippen molar-refractivity contribution in [1.29, 1.82) is 0 Å². The standard InChI is InChI=1S/C12H14BrFN2O2/c1-7-6-16(2-3-18-7)12(17)8-4-11(15)10(14)5-9(8)13/h4-5,7H,2-3,6,15H2,1H3. The van der Waals surface area contributed by atoms with E-state index in [1.54, 1.807) is 4.90 Å². The van der Waals surface area contributed by atoms with Gasteiger partial charge in [0.2, 0.25) is 0 Å². The van der Waals surface area contributed by atoms with E-state index in [4.69, 9.17) is 10.5 Å². The smallest absolute Gasteiger partial charge is 0.255 e. The average molecular weight is 317 g/mol. The van der Waals surface area contributed by atoms with E-state index in [1.807, 2.05) is 6.92 Å². The number of hydrogen-bond donors (Lipinski definition) is 1. The van der Waals surface area contributed by atoms with E-state index < -0.39 is 5.82 Å². The van der Waals surface area contributed by atoms with Crippen LogP contribution in [0.5, 0.6) is 0 Å². The van der Waals surface area contributed by atoms with Crippen molar-refractivity contribution < 1.29 is 13.9 Å². The predicted octanol–water partition coefficient (Wildman–Crippen LogP) is 2.03. The molecular formula is C12H14BrFN2O2. The molecule has 0 radical (unpaired) electrons. The maximum absolute atomic E-state index is 13.2. The van der Waals surface area contributed by atoms with Gasteiger partial charge in [0.1, 0.15) is 5.82 Å². The summed E-state index contributed by atoms with van der Waals surface area (Å²) >= 11 is 3.19. The zero-order valence-corrected chi connectivity index (χ0v) is 11.5. The van der Waals surface area contributed by atoms with Crippen LogP contribution >= 0.6 is 15.9 Å². The fourth-order valence-corrected chi connectivity index (χ4v) is 2.39. The SMILES string of the molecule is CC1CN(C(=O)c2cc(N)c(F)cc2Br)CCO1. The number of ether oxygens (including phenoxy) is 1. The number of amides is 1. The highest BCUT2D eigenvalue weighted by Gasteiger charge is 2.24. The minimum atomic E-state index is -0.534. The molecule has 0 spiro atoms.